The Hall–Kier alpha value is -3.02. The normalized spacial score (nSPS) is 19.6. The highest BCUT2D eigenvalue weighted by Gasteiger charge is 2.33. The van der Waals surface area contributed by atoms with Gasteiger partial charge in [0.05, 0.1) is 6.04 Å². The summed E-state index contributed by atoms with van der Waals surface area (Å²) in [5, 5.41) is 12.3. The molecule has 0 aromatic heterocycles. The lowest BCUT2D eigenvalue weighted by atomic mass is 9.92. The van der Waals surface area contributed by atoms with Crippen molar-refractivity contribution >= 4 is 12.2 Å². The number of carbonyl (C=O) groups excluding carboxylic acids is 1. The lowest BCUT2D eigenvalue weighted by molar-refractivity contribution is 0.0910. The van der Waals surface area contributed by atoms with Crippen LogP contribution in [0.3, 0.4) is 0 Å². The summed E-state index contributed by atoms with van der Waals surface area (Å²) in [6.45, 7) is 0.585. The molecule has 0 bridgehead atoms. The lowest BCUT2D eigenvalue weighted by Crippen LogP contribution is -2.47. The molecule has 0 aliphatic carbocycles. The molecule has 2 aromatic carbocycles. The monoisotopic (exact) mass is 354 g/mol. The minimum Gasteiger partial charge on any atom is -0.465 e. The van der Waals surface area contributed by atoms with Gasteiger partial charge in [-0.25, -0.2) is 9.59 Å². The van der Waals surface area contributed by atoms with Crippen molar-refractivity contribution < 1.29 is 19.4 Å². The predicted octanol–water partition coefficient (Wildman–Crippen LogP) is 3.80. The largest absolute Gasteiger partial charge is 0.465 e. The molecule has 0 saturated carbocycles. The minimum atomic E-state index is -0.941. The van der Waals surface area contributed by atoms with Crippen LogP contribution < -0.4 is 5.32 Å². The third kappa shape index (κ3) is 4.53. The zero-order valence-corrected chi connectivity index (χ0v) is 14.4. The fourth-order valence-electron chi connectivity index (χ4n) is 3.25. The van der Waals surface area contributed by atoms with Crippen LogP contribution in [0.2, 0.25) is 0 Å². The average Bonchev–Trinajstić information content (AvgIpc) is 2.67. The van der Waals surface area contributed by atoms with Crippen molar-refractivity contribution in [3.8, 4) is 0 Å². The van der Waals surface area contributed by atoms with E-state index in [0.29, 0.717) is 19.4 Å². The first-order valence-corrected chi connectivity index (χ1v) is 8.65. The molecule has 0 radical (unpaired) electrons. The van der Waals surface area contributed by atoms with Crippen molar-refractivity contribution in [1.29, 1.82) is 0 Å². The number of hydrogen-bond acceptors (Lipinski definition) is 3. The summed E-state index contributed by atoms with van der Waals surface area (Å²) in [7, 11) is 0. The quantitative estimate of drug-likeness (QED) is 0.875. The molecule has 6 nitrogen and oxygen atoms in total. The van der Waals surface area contributed by atoms with E-state index in [1.165, 1.54) is 4.90 Å². The maximum absolute atomic E-state index is 12.1. The number of carboxylic acid groups (broad SMARTS) is 1. The average molecular weight is 354 g/mol. The Kier molecular flexibility index (Phi) is 5.73. The van der Waals surface area contributed by atoms with Crippen LogP contribution in [0, 0.1) is 0 Å². The summed E-state index contributed by atoms with van der Waals surface area (Å²) in [5.74, 6) is 0. The molecule has 1 aliphatic heterocycles. The van der Waals surface area contributed by atoms with Crippen molar-refractivity contribution in [2.45, 2.75) is 31.5 Å². The first-order chi connectivity index (χ1) is 12.6. The van der Waals surface area contributed by atoms with E-state index < -0.39 is 12.2 Å². The number of carbonyl (C=O) groups is 2. The van der Waals surface area contributed by atoms with Gasteiger partial charge in [-0.3, -0.25) is 0 Å². The Bertz CT molecular complexity index is 736. The minimum absolute atomic E-state index is 0.126. The summed E-state index contributed by atoms with van der Waals surface area (Å²) >= 11 is 0. The van der Waals surface area contributed by atoms with Gasteiger partial charge in [-0.1, -0.05) is 60.7 Å². The van der Waals surface area contributed by atoms with Crippen LogP contribution in [0.5, 0.6) is 0 Å². The summed E-state index contributed by atoms with van der Waals surface area (Å²) in [6, 6.07) is 18.6. The van der Waals surface area contributed by atoms with Gasteiger partial charge in [-0.15, -0.1) is 0 Å². The number of nitrogens with zero attached hydrogens (tertiary/aromatic N) is 1. The van der Waals surface area contributed by atoms with Gasteiger partial charge < -0.3 is 20.1 Å². The van der Waals surface area contributed by atoms with Gasteiger partial charge in [-0.05, 0) is 24.0 Å². The number of piperidine rings is 1. The second-order valence-electron chi connectivity index (χ2n) is 6.33. The SMILES string of the molecule is O=C(NC1CCN(C(=O)O)C(c2ccccc2)C1)OCc1ccccc1. The number of alkyl carbamates (subject to hydrolysis) is 1. The van der Waals surface area contributed by atoms with E-state index in [0.717, 1.165) is 11.1 Å². The van der Waals surface area contributed by atoms with Crippen LogP contribution >= 0.6 is 0 Å². The van der Waals surface area contributed by atoms with Crippen LogP contribution in [0.1, 0.15) is 30.0 Å². The lowest BCUT2D eigenvalue weighted by Gasteiger charge is -2.38. The van der Waals surface area contributed by atoms with Gasteiger partial charge in [-0.2, -0.15) is 0 Å². The van der Waals surface area contributed by atoms with Crippen LogP contribution in [0.25, 0.3) is 0 Å². The molecule has 1 fully saturated rings. The molecule has 6 heteroatoms. The van der Waals surface area contributed by atoms with Crippen LogP contribution in [-0.4, -0.2) is 34.8 Å². The summed E-state index contributed by atoms with van der Waals surface area (Å²) in [6.07, 6.45) is -0.328. The van der Waals surface area contributed by atoms with Gasteiger partial charge >= 0.3 is 12.2 Å². The molecule has 1 aliphatic rings. The first-order valence-electron chi connectivity index (χ1n) is 8.65. The third-order valence-electron chi connectivity index (χ3n) is 4.57. The van der Waals surface area contributed by atoms with Crippen LogP contribution in [0.4, 0.5) is 9.59 Å². The van der Waals surface area contributed by atoms with E-state index in [2.05, 4.69) is 5.32 Å². The molecule has 1 saturated heterocycles. The van der Waals surface area contributed by atoms with Gasteiger partial charge in [0.25, 0.3) is 0 Å². The number of amides is 2. The van der Waals surface area contributed by atoms with Gasteiger partial charge in [0, 0.05) is 12.6 Å². The summed E-state index contributed by atoms with van der Waals surface area (Å²) in [4.78, 5) is 25.1. The van der Waals surface area contributed by atoms with E-state index in [1.807, 2.05) is 60.7 Å². The van der Waals surface area contributed by atoms with Crippen molar-refractivity contribution in [3.05, 3.63) is 71.8 Å². The standard InChI is InChI=1S/C20H22N2O4/c23-19(26-14-15-7-3-1-4-8-15)21-17-11-12-22(20(24)25)18(13-17)16-9-5-2-6-10-16/h1-10,17-18H,11-14H2,(H,21,23)(H,24,25). The second kappa shape index (κ2) is 8.38. The number of hydrogen-bond donors (Lipinski definition) is 2. The third-order valence-corrected chi connectivity index (χ3v) is 4.57. The molecule has 2 amide bonds. The highest BCUT2D eigenvalue weighted by molar-refractivity contribution is 5.68. The molecule has 26 heavy (non-hydrogen) atoms. The molecule has 2 N–H and O–H groups in total. The molecular formula is C20H22N2O4. The number of likely N-dealkylation sites (tertiary alicyclic amines) is 1. The summed E-state index contributed by atoms with van der Waals surface area (Å²) in [5.41, 5.74) is 1.85. The first kappa shape index (κ1) is 17.8. The van der Waals surface area contributed by atoms with Crippen molar-refractivity contribution in [3.63, 3.8) is 0 Å². The van der Waals surface area contributed by atoms with E-state index in [1.54, 1.807) is 0 Å². The fraction of sp³-hybridized carbons (Fsp3) is 0.300. The van der Waals surface area contributed by atoms with Crippen LogP contribution in [0.15, 0.2) is 60.7 Å². The van der Waals surface area contributed by atoms with E-state index >= 15 is 0 Å². The summed E-state index contributed by atoms with van der Waals surface area (Å²) < 4.78 is 5.27. The predicted molar refractivity (Wildman–Crippen MR) is 96.7 cm³/mol. The Morgan fingerprint density at radius 3 is 2.38 bits per heavy atom. The topological polar surface area (TPSA) is 78.9 Å². The number of benzene rings is 2. The van der Waals surface area contributed by atoms with Crippen molar-refractivity contribution in [1.82, 2.24) is 10.2 Å². The van der Waals surface area contributed by atoms with E-state index in [9.17, 15) is 14.7 Å². The van der Waals surface area contributed by atoms with Crippen molar-refractivity contribution in [2.24, 2.45) is 0 Å². The smallest absolute Gasteiger partial charge is 0.407 e. The zero-order valence-electron chi connectivity index (χ0n) is 14.4. The van der Waals surface area contributed by atoms with E-state index in [4.69, 9.17) is 4.74 Å². The van der Waals surface area contributed by atoms with Gasteiger partial charge in [0.1, 0.15) is 6.61 Å². The van der Waals surface area contributed by atoms with Crippen LogP contribution in [-0.2, 0) is 11.3 Å². The van der Waals surface area contributed by atoms with E-state index in [-0.39, 0.29) is 18.7 Å². The molecular weight excluding hydrogens is 332 g/mol. The highest BCUT2D eigenvalue weighted by atomic mass is 16.5. The molecule has 2 atom stereocenters. The fourth-order valence-corrected chi connectivity index (χ4v) is 3.25. The van der Waals surface area contributed by atoms with Crippen molar-refractivity contribution in [2.75, 3.05) is 6.54 Å². The molecule has 3 rings (SSSR count). The number of nitrogens with one attached hydrogen (secondary N) is 1. The molecule has 0 spiro atoms. The molecule has 2 unspecified atom stereocenters. The zero-order chi connectivity index (χ0) is 18.4. The Morgan fingerprint density at radius 1 is 1.08 bits per heavy atom. The number of rotatable bonds is 4. The molecule has 1 heterocycles. The maximum Gasteiger partial charge on any atom is 0.407 e. The maximum atomic E-state index is 12.1. The van der Waals surface area contributed by atoms with Gasteiger partial charge in [0.15, 0.2) is 0 Å². The molecule has 136 valence electrons. The Balaban J connectivity index is 1.59. The molecule has 2 aromatic rings. The highest BCUT2D eigenvalue weighted by Crippen LogP contribution is 2.31. The second-order valence-corrected chi connectivity index (χ2v) is 6.33. The Morgan fingerprint density at radius 2 is 1.73 bits per heavy atom. The Labute approximate surface area is 152 Å². The van der Waals surface area contributed by atoms with Gasteiger partial charge in [0.2, 0.25) is 0 Å². The number of ether oxygens (including phenoxy) is 1.